The quantitative estimate of drug-likeness (QED) is 0.898. The molecule has 4 nitrogen and oxygen atoms in total. The highest BCUT2D eigenvalue weighted by atomic mass is 35.5. The van der Waals surface area contributed by atoms with Gasteiger partial charge in [-0.05, 0) is 31.4 Å². The third kappa shape index (κ3) is 4.88. The summed E-state index contributed by atoms with van der Waals surface area (Å²) in [6.07, 6.45) is 6.11. The fourth-order valence-corrected chi connectivity index (χ4v) is 2.68. The molecule has 116 valence electrons. The van der Waals surface area contributed by atoms with E-state index in [4.69, 9.17) is 11.6 Å². The molecule has 0 saturated carbocycles. The molecule has 0 unspecified atom stereocenters. The minimum Gasteiger partial charge on any atom is -0.370 e. The average Bonchev–Trinajstić information content (AvgIpc) is 2.47. The van der Waals surface area contributed by atoms with Crippen LogP contribution in [0.5, 0.6) is 0 Å². The third-order valence-electron chi connectivity index (χ3n) is 3.74. The fourth-order valence-electron chi connectivity index (χ4n) is 2.51. The molecule has 2 rings (SSSR count). The second-order valence-electron chi connectivity index (χ2n) is 5.53. The lowest BCUT2D eigenvalue weighted by Gasteiger charge is -2.25. The van der Waals surface area contributed by atoms with Crippen molar-refractivity contribution in [1.29, 1.82) is 0 Å². The van der Waals surface area contributed by atoms with Gasteiger partial charge in [0.25, 0.3) is 0 Å². The van der Waals surface area contributed by atoms with E-state index in [1.165, 1.54) is 6.42 Å². The Hall–Kier alpha value is -1.29. The Bertz CT molecular complexity index is 479. The predicted octanol–water partition coefficient (Wildman–Crippen LogP) is 3.85. The molecule has 1 saturated heterocycles. The van der Waals surface area contributed by atoms with Gasteiger partial charge in [0.2, 0.25) is 5.91 Å². The van der Waals surface area contributed by atoms with E-state index < -0.39 is 0 Å². The molecule has 1 aliphatic rings. The molecule has 0 aliphatic carbocycles. The van der Waals surface area contributed by atoms with E-state index in [9.17, 15) is 4.79 Å². The van der Waals surface area contributed by atoms with Crippen molar-refractivity contribution in [1.82, 2.24) is 9.88 Å². The summed E-state index contributed by atoms with van der Waals surface area (Å²) in [6, 6.07) is 3.74. The van der Waals surface area contributed by atoms with Crippen molar-refractivity contribution in [3.05, 3.63) is 22.8 Å². The van der Waals surface area contributed by atoms with Crippen LogP contribution in [0.3, 0.4) is 0 Å². The van der Waals surface area contributed by atoms with Crippen LogP contribution in [0.2, 0.25) is 5.02 Å². The van der Waals surface area contributed by atoms with Crippen molar-refractivity contribution in [3.63, 3.8) is 0 Å². The number of rotatable bonds is 5. The number of halogens is 1. The van der Waals surface area contributed by atoms with E-state index in [-0.39, 0.29) is 5.91 Å². The number of likely N-dealkylation sites (tertiary alicyclic amines) is 1. The van der Waals surface area contributed by atoms with Gasteiger partial charge in [-0.3, -0.25) is 4.79 Å². The Morgan fingerprint density at radius 1 is 1.29 bits per heavy atom. The molecule has 0 bridgehead atoms. The summed E-state index contributed by atoms with van der Waals surface area (Å²) in [5, 5.41) is 3.89. The van der Waals surface area contributed by atoms with Gasteiger partial charge in [-0.2, -0.15) is 0 Å². The van der Waals surface area contributed by atoms with Gasteiger partial charge in [0.05, 0.1) is 17.3 Å². The topological polar surface area (TPSA) is 45.2 Å². The zero-order valence-electron chi connectivity index (χ0n) is 12.7. The predicted molar refractivity (Wildman–Crippen MR) is 86.5 cm³/mol. The van der Waals surface area contributed by atoms with E-state index in [0.29, 0.717) is 18.0 Å². The highest BCUT2D eigenvalue weighted by Crippen LogP contribution is 2.20. The number of anilines is 1. The molecular weight excluding hydrogens is 286 g/mol. The number of nitrogens with one attached hydrogen (secondary N) is 1. The molecular formula is C16H24ClN3O. The fraction of sp³-hybridized carbons (Fsp3) is 0.625. The lowest BCUT2D eigenvalue weighted by Crippen LogP contribution is -2.32. The van der Waals surface area contributed by atoms with Crippen molar-refractivity contribution in [2.45, 2.75) is 52.0 Å². The maximum Gasteiger partial charge on any atom is 0.222 e. The lowest BCUT2D eigenvalue weighted by molar-refractivity contribution is -0.132. The van der Waals surface area contributed by atoms with Crippen LogP contribution in [0.25, 0.3) is 0 Å². The number of nitrogens with zero attached hydrogens (tertiary/aromatic N) is 2. The summed E-state index contributed by atoms with van der Waals surface area (Å²) >= 11 is 6.24. The highest BCUT2D eigenvalue weighted by Gasteiger charge is 2.17. The van der Waals surface area contributed by atoms with Crippen LogP contribution >= 0.6 is 11.6 Å². The normalized spacial score (nSPS) is 16.5. The first-order valence-corrected chi connectivity index (χ1v) is 8.25. The van der Waals surface area contributed by atoms with E-state index >= 15 is 0 Å². The first-order valence-electron chi connectivity index (χ1n) is 7.87. The Labute approximate surface area is 131 Å². The largest absolute Gasteiger partial charge is 0.370 e. The number of carbonyl (C=O) groups is 1. The second kappa shape index (κ2) is 8.23. The van der Waals surface area contributed by atoms with Crippen LogP contribution < -0.4 is 5.32 Å². The molecule has 0 aromatic carbocycles. The number of amides is 1. The zero-order chi connectivity index (χ0) is 15.1. The summed E-state index contributed by atoms with van der Waals surface area (Å²) in [6.45, 7) is 4.32. The van der Waals surface area contributed by atoms with Gasteiger partial charge in [0.1, 0.15) is 5.82 Å². The molecule has 0 radical (unpaired) electrons. The number of pyridine rings is 1. The van der Waals surface area contributed by atoms with Gasteiger partial charge in [-0.25, -0.2) is 4.98 Å². The summed E-state index contributed by atoms with van der Waals surface area (Å²) in [5.74, 6) is 1.05. The maximum atomic E-state index is 12.2. The van der Waals surface area contributed by atoms with Crippen molar-refractivity contribution in [3.8, 4) is 0 Å². The first kappa shape index (κ1) is 16.1. The summed E-state index contributed by atoms with van der Waals surface area (Å²) in [7, 11) is 0. The average molecular weight is 310 g/mol. The van der Waals surface area contributed by atoms with E-state index in [0.717, 1.165) is 50.3 Å². The highest BCUT2D eigenvalue weighted by molar-refractivity contribution is 6.31. The lowest BCUT2D eigenvalue weighted by atomic mass is 10.1. The number of hydrogen-bond acceptors (Lipinski definition) is 3. The van der Waals surface area contributed by atoms with Crippen molar-refractivity contribution >= 4 is 23.3 Å². The van der Waals surface area contributed by atoms with Crippen LogP contribution in [0.4, 0.5) is 5.82 Å². The zero-order valence-corrected chi connectivity index (χ0v) is 13.5. The minimum absolute atomic E-state index is 0.222. The van der Waals surface area contributed by atoms with Crippen LogP contribution in [0.15, 0.2) is 12.1 Å². The Balaban J connectivity index is 2.07. The molecule has 0 atom stereocenters. The monoisotopic (exact) mass is 309 g/mol. The van der Waals surface area contributed by atoms with Gasteiger partial charge >= 0.3 is 0 Å². The van der Waals surface area contributed by atoms with E-state index in [1.807, 2.05) is 17.0 Å². The van der Waals surface area contributed by atoms with Crippen LogP contribution in [-0.4, -0.2) is 28.9 Å². The van der Waals surface area contributed by atoms with Gasteiger partial charge in [0, 0.05) is 19.5 Å². The van der Waals surface area contributed by atoms with Crippen LogP contribution in [0.1, 0.15) is 51.1 Å². The number of aromatic nitrogens is 1. The summed E-state index contributed by atoms with van der Waals surface area (Å²) < 4.78 is 0. The van der Waals surface area contributed by atoms with E-state index in [2.05, 4.69) is 17.2 Å². The smallest absolute Gasteiger partial charge is 0.222 e. The standard InChI is InChI=1S/C16H24ClN3O/c1-2-10-18-15-9-8-13(17)14(19-15)12-20-11-6-4-3-5-7-16(20)21/h8-9H,2-7,10-12H2,1H3,(H,18,19). The Morgan fingerprint density at radius 2 is 2.10 bits per heavy atom. The molecule has 1 aromatic rings. The molecule has 1 N–H and O–H groups in total. The Morgan fingerprint density at radius 3 is 2.90 bits per heavy atom. The summed E-state index contributed by atoms with van der Waals surface area (Å²) in [4.78, 5) is 18.6. The van der Waals surface area contributed by atoms with Crippen molar-refractivity contribution in [2.75, 3.05) is 18.4 Å². The Kier molecular flexibility index (Phi) is 6.30. The van der Waals surface area contributed by atoms with Gasteiger partial charge in [-0.15, -0.1) is 0 Å². The molecule has 1 aromatic heterocycles. The van der Waals surface area contributed by atoms with Crippen molar-refractivity contribution < 1.29 is 4.79 Å². The SMILES string of the molecule is CCCNc1ccc(Cl)c(CN2CCCCCCC2=O)n1. The first-order chi connectivity index (χ1) is 10.2. The molecule has 2 heterocycles. The van der Waals surface area contributed by atoms with Gasteiger partial charge in [0.15, 0.2) is 0 Å². The molecule has 1 aliphatic heterocycles. The molecule has 1 amide bonds. The van der Waals surface area contributed by atoms with Gasteiger partial charge < -0.3 is 10.2 Å². The number of hydrogen-bond donors (Lipinski definition) is 1. The third-order valence-corrected chi connectivity index (χ3v) is 4.08. The summed E-state index contributed by atoms with van der Waals surface area (Å²) in [5.41, 5.74) is 0.784. The van der Waals surface area contributed by atoms with Gasteiger partial charge in [-0.1, -0.05) is 31.4 Å². The molecule has 0 spiro atoms. The number of carbonyl (C=O) groups excluding carboxylic acids is 1. The van der Waals surface area contributed by atoms with Crippen LogP contribution in [-0.2, 0) is 11.3 Å². The van der Waals surface area contributed by atoms with Crippen molar-refractivity contribution in [2.24, 2.45) is 0 Å². The minimum atomic E-state index is 0.222. The van der Waals surface area contributed by atoms with Crippen LogP contribution in [0, 0.1) is 0 Å². The van der Waals surface area contributed by atoms with E-state index in [1.54, 1.807) is 0 Å². The maximum absolute atomic E-state index is 12.2. The molecule has 1 fully saturated rings. The second-order valence-corrected chi connectivity index (χ2v) is 5.94. The molecule has 21 heavy (non-hydrogen) atoms. The molecule has 5 heteroatoms.